The number of carbonyl (C=O) groups is 3. The maximum Gasteiger partial charge on any atom is 0.325 e. The summed E-state index contributed by atoms with van der Waals surface area (Å²) in [5, 5.41) is 11.8. The number of imide groups is 1. The summed E-state index contributed by atoms with van der Waals surface area (Å²) in [5.74, 6) is -1.44. The molecule has 1 heterocycles. The maximum absolute atomic E-state index is 12.7. The van der Waals surface area contributed by atoms with Crippen LogP contribution in [0.4, 0.5) is 4.79 Å². The minimum Gasteiger partial charge on any atom is -0.481 e. The fraction of sp³-hybridized carbons (Fsp3) is 0.471. The number of carboxylic acids is 1. The molecule has 1 aliphatic rings. The summed E-state index contributed by atoms with van der Waals surface area (Å²) in [6, 6.07) is 9.04. The number of benzene rings is 1. The topological polar surface area (TPSA) is 86.7 Å². The lowest BCUT2D eigenvalue weighted by molar-refractivity contribution is -0.143. The number of nitrogens with zero attached hydrogens (tertiary/aromatic N) is 1. The Balaban J connectivity index is 2.14. The van der Waals surface area contributed by atoms with Gasteiger partial charge in [0, 0.05) is 6.54 Å². The Kier molecular flexibility index (Phi) is 5.03. The monoisotopic (exact) mass is 318 g/mol. The van der Waals surface area contributed by atoms with Crippen molar-refractivity contribution in [2.45, 2.75) is 38.6 Å². The molecule has 0 aliphatic carbocycles. The lowest BCUT2D eigenvalue weighted by atomic mass is 9.85. The predicted octanol–water partition coefficient (Wildman–Crippen LogP) is 2.04. The van der Waals surface area contributed by atoms with E-state index < -0.39 is 29.9 Å². The Morgan fingerprint density at radius 1 is 1.26 bits per heavy atom. The van der Waals surface area contributed by atoms with E-state index in [2.05, 4.69) is 5.32 Å². The summed E-state index contributed by atoms with van der Waals surface area (Å²) in [4.78, 5) is 37.2. The van der Waals surface area contributed by atoms with Gasteiger partial charge in [-0.3, -0.25) is 14.5 Å². The standard InChI is InChI=1S/C17H22N2O4/c1-12(2)10-17(11-14(20)21)15(22)19(16(23)18-17)9-8-13-6-4-3-5-7-13/h3-7,12H,8-11H2,1-2H3,(H,18,23)(H,20,21). The molecule has 0 spiro atoms. The van der Waals surface area contributed by atoms with Crippen LogP contribution in [0.5, 0.6) is 0 Å². The van der Waals surface area contributed by atoms with Gasteiger partial charge in [0.05, 0.1) is 6.42 Å². The molecular weight excluding hydrogens is 296 g/mol. The van der Waals surface area contributed by atoms with Gasteiger partial charge < -0.3 is 10.4 Å². The number of urea groups is 1. The number of hydrogen-bond acceptors (Lipinski definition) is 3. The Morgan fingerprint density at radius 3 is 2.48 bits per heavy atom. The first kappa shape index (κ1) is 17.0. The van der Waals surface area contributed by atoms with Crippen molar-refractivity contribution in [1.29, 1.82) is 0 Å². The van der Waals surface area contributed by atoms with Gasteiger partial charge in [0.2, 0.25) is 0 Å². The van der Waals surface area contributed by atoms with Crippen LogP contribution in [-0.2, 0) is 16.0 Å². The number of nitrogens with one attached hydrogen (secondary N) is 1. The molecule has 0 saturated carbocycles. The third kappa shape index (κ3) is 3.88. The van der Waals surface area contributed by atoms with Crippen molar-refractivity contribution in [3.8, 4) is 0 Å². The van der Waals surface area contributed by atoms with E-state index in [1.807, 2.05) is 44.2 Å². The minimum absolute atomic E-state index is 0.0904. The van der Waals surface area contributed by atoms with E-state index in [-0.39, 0.29) is 12.5 Å². The quantitative estimate of drug-likeness (QED) is 0.753. The molecule has 0 aromatic heterocycles. The Hall–Kier alpha value is -2.37. The van der Waals surface area contributed by atoms with E-state index in [9.17, 15) is 14.4 Å². The van der Waals surface area contributed by atoms with Gasteiger partial charge in [-0.2, -0.15) is 0 Å². The van der Waals surface area contributed by atoms with Crippen LogP contribution >= 0.6 is 0 Å². The second kappa shape index (κ2) is 6.81. The Bertz CT molecular complexity index is 600. The first-order valence-corrected chi connectivity index (χ1v) is 7.74. The number of amides is 3. The van der Waals surface area contributed by atoms with Crippen LogP contribution in [0, 0.1) is 5.92 Å². The van der Waals surface area contributed by atoms with Crippen LogP contribution < -0.4 is 5.32 Å². The maximum atomic E-state index is 12.7. The summed E-state index contributed by atoms with van der Waals surface area (Å²) >= 11 is 0. The zero-order chi connectivity index (χ0) is 17.0. The smallest absolute Gasteiger partial charge is 0.325 e. The summed E-state index contributed by atoms with van der Waals surface area (Å²) in [7, 11) is 0. The number of carboxylic acid groups (broad SMARTS) is 1. The van der Waals surface area contributed by atoms with Gasteiger partial charge in [0.25, 0.3) is 5.91 Å². The van der Waals surface area contributed by atoms with Crippen molar-refractivity contribution in [3.05, 3.63) is 35.9 Å². The van der Waals surface area contributed by atoms with Crippen LogP contribution in [0.2, 0.25) is 0 Å². The molecule has 6 nitrogen and oxygen atoms in total. The zero-order valence-electron chi connectivity index (χ0n) is 13.4. The highest BCUT2D eigenvalue weighted by Crippen LogP contribution is 2.29. The fourth-order valence-corrected chi connectivity index (χ4v) is 3.05. The average molecular weight is 318 g/mol. The van der Waals surface area contributed by atoms with Crippen molar-refractivity contribution in [2.24, 2.45) is 5.92 Å². The molecule has 1 aliphatic heterocycles. The highest BCUT2D eigenvalue weighted by Gasteiger charge is 2.52. The first-order valence-electron chi connectivity index (χ1n) is 7.74. The van der Waals surface area contributed by atoms with Crippen LogP contribution in [0.1, 0.15) is 32.3 Å². The molecule has 23 heavy (non-hydrogen) atoms. The normalized spacial score (nSPS) is 20.9. The number of hydrogen-bond donors (Lipinski definition) is 2. The van der Waals surface area contributed by atoms with Crippen LogP contribution in [0.25, 0.3) is 0 Å². The van der Waals surface area contributed by atoms with Gasteiger partial charge in [-0.25, -0.2) is 4.79 Å². The molecule has 1 atom stereocenters. The van der Waals surface area contributed by atoms with E-state index in [1.54, 1.807) is 0 Å². The molecule has 6 heteroatoms. The van der Waals surface area contributed by atoms with Crippen molar-refractivity contribution in [1.82, 2.24) is 10.2 Å². The van der Waals surface area contributed by atoms with E-state index >= 15 is 0 Å². The molecule has 1 unspecified atom stereocenters. The Morgan fingerprint density at radius 2 is 1.91 bits per heavy atom. The van der Waals surface area contributed by atoms with Gasteiger partial charge in [0.1, 0.15) is 5.54 Å². The highest BCUT2D eigenvalue weighted by molar-refractivity contribution is 6.08. The fourth-order valence-electron chi connectivity index (χ4n) is 3.05. The third-order valence-corrected chi connectivity index (χ3v) is 3.92. The second-order valence-electron chi connectivity index (χ2n) is 6.37. The third-order valence-electron chi connectivity index (χ3n) is 3.92. The SMILES string of the molecule is CC(C)CC1(CC(=O)O)NC(=O)N(CCc2ccccc2)C1=O. The van der Waals surface area contributed by atoms with Crippen LogP contribution in [0.15, 0.2) is 30.3 Å². The molecule has 3 amide bonds. The van der Waals surface area contributed by atoms with Gasteiger partial charge in [-0.05, 0) is 24.3 Å². The number of rotatable bonds is 7. The average Bonchev–Trinajstić information content (AvgIpc) is 2.67. The summed E-state index contributed by atoms with van der Waals surface area (Å²) in [5.41, 5.74) is -0.305. The van der Waals surface area contributed by atoms with Gasteiger partial charge in [-0.15, -0.1) is 0 Å². The van der Waals surface area contributed by atoms with Gasteiger partial charge in [-0.1, -0.05) is 44.2 Å². The molecular formula is C17H22N2O4. The Labute approximate surface area is 135 Å². The highest BCUT2D eigenvalue weighted by atomic mass is 16.4. The van der Waals surface area contributed by atoms with Crippen LogP contribution in [0.3, 0.4) is 0 Å². The predicted molar refractivity (Wildman–Crippen MR) is 84.8 cm³/mol. The molecule has 2 rings (SSSR count). The van der Waals surface area contributed by atoms with E-state index in [4.69, 9.17) is 5.11 Å². The molecule has 2 N–H and O–H groups in total. The number of carbonyl (C=O) groups excluding carboxylic acids is 2. The molecule has 0 bridgehead atoms. The molecule has 1 saturated heterocycles. The second-order valence-corrected chi connectivity index (χ2v) is 6.37. The lowest BCUT2D eigenvalue weighted by Crippen LogP contribution is -2.49. The molecule has 0 radical (unpaired) electrons. The minimum atomic E-state index is -1.33. The largest absolute Gasteiger partial charge is 0.481 e. The molecule has 1 fully saturated rings. The molecule has 1 aromatic carbocycles. The van der Waals surface area contributed by atoms with Gasteiger partial charge in [0.15, 0.2) is 0 Å². The molecule has 124 valence electrons. The van der Waals surface area contributed by atoms with Gasteiger partial charge >= 0.3 is 12.0 Å². The number of aliphatic carboxylic acids is 1. The van der Waals surface area contributed by atoms with Crippen molar-refractivity contribution < 1.29 is 19.5 Å². The zero-order valence-corrected chi connectivity index (χ0v) is 13.4. The van der Waals surface area contributed by atoms with Crippen LogP contribution in [-0.4, -0.2) is 40.0 Å². The van der Waals surface area contributed by atoms with E-state index in [0.717, 1.165) is 10.5 Å². The van der Waals surface area contributed by atoms with Crippen molar-refractivity contribution in [2.75, 3.05) is 6.54 Å². The van der Waals surface area contributed by atoms with E-state index in [1.165, 1.54) is 0 Å². The summed E-state index contributed by atoms with van der Waals surface area (Å²) < 4.78 is 0. The summed E-state index contributed by atoms with van der Waals surface area (Å²) in [6.45, 7) is 4.04. The van der Waals surface area contributed by atoms with Crippen molar-refractivity contribution in [3.63, 3.8) is 0 Å². The van der Waals surface area contributed by atoms with Crippen molar-refractivity contribution >= 4 is 17.9 Å². The summed E-state index contributed by atoms with van der Waals surface area (Å²) in [6.07, 6.45) is 0.466. The lowest BCUT2D eigenvalue weighted by Gasteiger charge is -2.26. The van der Waals surface area contributed by atoms with E-state index in [0.29, 0.717) is 12.8 Å². The molecule has 1 aromatic rings. The first-order chi connectivity index (χ1) is 10.8.